The maximum atomic E-state index is 12.9. The lowest BCUT2D eigenvalue weighted by atomic mass is 9.79. The van der Waals surface area contributed by atoms with Crippen LogP contribution in [-0.4, -0.2) is 34.5 Å². The van der Waals surface area contributed by atoms with E-state index in [0.717, 1.165) is 5.56 Å². The Labute approximate surface area is 172 Å². The molecule has 0 aliphatic heterocycles. The summed E-state index contributed by atoms with van der Waals surface area (Å²) < 4.78 is 12.2. The predicted octanol–water partition coefficient (Wildman–Crippen LogP) is 2.42. The molecule has 0 radical (unpaired) electrons. The fourth-order valence-corrected chi connectivity index (χ4v) is 4.18. The van der Waals surface area contributed by atoms with Crippen molar-refractivity contribution in [3.63, 3.8) is 0 Å². The van der Waals surface area contributed by atoms with Gasteiger partial charge in [-0.25, -0.2) is 9.78 Å². The van der Waals surface area contributed by atoms with Crippen LogP contribution < -0.4 is 20.7 Å². The molecule has 30 heavy (non-hydrogen) atoms. The van der Waals surface area contributed by atoms with Gasteiger partial charge in [0.25, 0.3) is 5.56 Å². The minimum Gasteiger partial charge on any atom is -0.493 e. The van der Waals surface area contributed by atoms with Crippen LogP contribution in [0.2, 0.25) is 0 Å². The Hall–Kier alpha value is -3.42. The standard InChI is InChI=1S/C22H23N3O5/c1-4-7-25-20-19(21(27)24-22(25)28)14-8-13(9-16(26)15(14)11-23-20)12-5-6-17(29-2)18(10-12)30-3/h5-6,10-11,13H,4,7-9H2,1-3H3,(H,24,27,28)/t13-/m1/s1. The summed E-state index contributed by atoms with van der Waals surface area (Å²) in [5.74, 6) is 1.00. The Kier molecular flexibility index (Phi) is 5.15. The largest absolute Gasteiger partial charge is 0.493 e. The van der Waals surface area contributed by atoms with E-state index >= 15 is 0 Å². The summed E-state index contributed by atoms with van der Waals surface area (Å²) in [6.07, 6.45) is 3.01. The Bertz CT molecular complexity index is 1260. The van der Waals surface area contributed by atoms with E-state index in [0.29, 0.717) is 59.5 Å². The first-order valence-electron chi connectivity index (χ1n) is 9.88. The molecule has 2 aromatic heterocycles. The molecule has 2 heterocycles. The Morgan fingerprint density at radius 3 is 2.60 bits per heavy atom. The molecule has 0 fully saturated rings. The predicted molar refractivity (Wildman–Crippen MR) is 112 cm³/mol. The second kappa shape index (κ2) is 7.78. The SMILES string of the molecule is CCCn1c(=O)[nH]c(=O)c2c3c(cnc21)C(=O)C[C@H](c1ccc(OC)c(OC)c1)C3. The van der Waals surface area contributed by atoms with E-state index in [2.05, 4.69) is 9.97 Å². The molecular formula is C22H23N3O5. The fraction of sp³-hybridized carbons (Fsp3) is 0.364. The lowest BCUT2D eigenvalue weighted by Gasteiger charge is -2.25. The van der Waals surface area contributed by atoms with Crippen LogP contribution in [-0.2, 0) is 13.0 Å². The van der Waals surface area contributed by atoms with Gasteiger partial charge >= 0.3 is 5.69 Å². The Morgan fingerprint density at radius 2 is 1.90 bits per heavy atom. The highest BCUT2D eigenvalue weighted by Gasteiger charge is 2.30. The highest BCUT2D eigenvalue weighted by Crippen LogP contribution is 2.38. The van der Waals surface area contributed by atoms with Gasteiger partial charge in [0, 0.05) is 24.7 Å². The number of Topliss-reactive ketones (excluding diaryl/α,β-unsaturated/α-hetero) is 1. The van der Waals surface area contributed by atoms with E-state index in [1.807, 2.05) is 25.1 Å². The Balaban J connectivity index is 1.88. The van der Waals surface area contributed by atoms with Crippen molar-refractivity contribution in [3.8, 4) is 11.5 Å². The number of benzene rings is 1. The van der Waals surface area contributed by atoms with Crippen LogP contribution in [0.25, 0.3) is 11.0 Å². The topological polar surface area (TPSA) is 103 Å². The molecular weight excluding hydrogens is 386 g/mol. The molecule has 1 aliphatic rings. The third-order valence-corrected chi connectivity index (χ3v) is 5.62. The number of hydrogen-bond donors (Lipinski definition) is 1. The number of ketones is 1. The van der Waals surface area contributed by atoms with E-state index in [9.17, 15) is 14.4 Å². The molecule has 8 nitrogen and oxygen atoms in total. The first-order chi connectivity index (χ1) is 14.5. The average molecular weight is 409 g/mol. The van der Waals surface area contributed by atoms with Gasteiger partial charge in [-0.05, 0) is 42.0 Å². The number of ether oxygens (including phenoxy) is 2. The molecule has 0 spiro atoms. The summed E-state index contributed by atoms with van der Waals surface area (Å²) >= 11 is 0. The number of nitrogens with one attached hydrogen (secondary N) is 1. The number of aryl methyl sites for hydroxylation is 1. The number of nitrogens with zero attached hydrogens (tertiary/aromatic N) is 2. The van der Waals surface area contributed by atoms with Crippen molar-refractivity contribution in [1.82, 2.24) is 14.5 Å². The monoisotopic (exact) mass is 409 g/mol. The van der Waals surface area contributed by atoms with E-state index in [-0.39, 0.29) is 11.7 Å². The molecule has 3 aromatic rings. The zero-order valence-electron chi connectivity index (χ0n) is 17.2. The molecule has 0 bridgehead atoms. The number of methoxy groups -OCH3 is 2. The number of carbonyl (C=O) groups is 1. The summed E-state index contributed by atoms with van der Waals surface area (Å²) in [4.78, 5) is 44.6. The number of rotatable bonds is 5. The molecule has 1 aromatic carbocycles. The number of H-pyrrole nitrogens is 1. The number of carbonyl (C=O) groups excluding carboxylic acids is 1. The van der Waals surface area contributed by atoms with Gasteiger partial charge < -0.3 is 9.47 Å². The summed E-state index contributed by atoms with van der Waals surface area (Å²) in [5.41, 5.74) is 1.35. The first-order valence-corrected chi connectivity index (χ1v) is 9.88. The van der Waals surface area contributed by atoms with Crippen molar-refractivity contribution in [3.05, 3.63) is 61.9 Å². The molecule has 4 rings (SSSR count). The zero-order valence-corrected chi connectivity index (χ0v) is 17.2. The average Bonchev–Trinajstić information content (AvgIpc) is 2.75. The van der Waals surface area contributed by atoms with Crippen LogP contribution in [0.5, 0.6) is 11.5 Å². The number of pyridine rings is 1. The summed E-state index contributed by atoms with van der Waals surface area (Å²) in [6.45, 7) is 2.38. The molecule has 0 unspecified atom stereocenters. The first kappa shape index (κ1) is 19.9. The smallest absolute Gasteiger partial charge is 0.329 e. The molecule has 1 aliphatic carbocycles. The van der Waals surface area contributed by atoms with E-state index in [1.54, 1.807) is 14.2 Å². The van der Waals surface area contributed by atoms with E-state index < -0.39 is 11.2 Å². The highest BCUT2D eigenvalue weighted by molar-refractivity contribution is 6.02. The number of aromatic nitrogens is 3. The minimum absolute atomic E-state index is 0.0712. The summed E-state index contributed by atoms with van der Waals surface area (Å²) in [5, 5.41) is 0.319. The molecule has 0 saturated heterocycles. The van der Waals surface area contributed by atoms with Gasteiger partial charge in [0.2, 0.25) is 0 Å². The number of aromatic amines is 1. The molecule has 1 N–H and O–H groups in total. The van der Waals surface area contributed by atoms with Gasteiger partial charge in [0.15, 0.2) is 17.3 Å². The zero-order chi connectivity index (χ0) is 21.4. The van der Waals surface area contributed by atoms with Gasteiger partial charge in [-0.3, -0.25) is 19.1 Å². The maximum Gasteiger partial charge on any atom is 0.329 e. The van der Waals surface area contributed by atoms with Crippen molar-refractivity contribution in [1.29, 1.82) is 0 Å². The molecule has 156 valence electrons. The fourth-order valence-electron chi connectivity index (χ4n) is 4.18. The van der Waals surface area contributed by atoms with Crippen molar-refractivity contribution in [2.45, 2.75) is 38.6 Å². The van der Waals surface area contributed by atoms with Crippen LogP contribution in [0.4, 0.5) is 0 Å². The van der Waals surface area contributed by atoms with Crippen LogP contribution in [0.3, 0.4) is 0 Å². The number of hydrogen-bond acceptors (Lipinski definition) is 6. The molecule has 8 heteroatoms. The second-order valence-corrected chi connectivity index (χ2v) is 7.40. The molecule has 0 saturated carbocycles. The van der Waals surface area contributed by atoms with Gasteiger partial charge in [0.05, 0.1) is 19.6 Å². The van der Waals surface area contributed by atoms with Gasteiger partial charge in [-0.1, -0.05) is 13.0 Å². The van der Waals surface area contributed by atoms with Gasteiger partial charge in [-0.15, -0.1) is 0 Å². The van der Waals surface area contributed by atoms with Gasteiger partial charge in [0.1, 0.15) is 5.65 Å². The summed E-state index contributed by atoms with van der Waals surface area (Å²) in [7, 11) is 3.13. The lowest BCUT2D eigenvalue weighted by molar-refractivity contribution is 0.0964. The van der Waals surface area contributed by atoms with Crippen molar-refractivity contribution in [2.24, 2.45) is 0 Å². The van der Waals surface area contributed by atoms with Gasteiger partial charge in [-0.2, -0.15) is 0 Å². The third kappa shape index (κ3) is 3.18. The van der Waals surface area contributed by atoms with Crippen LogP contribution >= 0.6 is 0 Å². The second-order valence-electron chi connectivity index (χ2n) is 7.40. The van der Waals surface area contributed by atoms with Crippen molar-refractivity contribution in [2.75, 3.05) is 14.2 Å². The lowest BCUT2D eigenvalue weighted by Crippen LogP contribution is -2.33. The van der Waals surface area contributed by atoms with Crippen LogP contribution in [0.15, 0.2) is 34.0 Å². The Morgan fingerprint density at radius 1 is 1.13 bits per heavy atom. The van der Waals surface area contributed by atoms with Crippen LogP contribution in [0.1, 0.15) is 47.2 Å². The summed E-state index contributed by atoms with van der Waals surface area (Å²) in [6, 6.07) is 5.58. The number of fused-ring (bicyclic) bond motifs is 3. The van der Waals surface area contributed by atoms with Crippen molar-refractivity contribution < 1.29 is 14.3 Å². The quantitative estimate of drug-likeness (QED) is 0.694. The maximum absolute atomic E-state index is 12.9. The van der Waals surface area contributed by atoms with Crippen molar-refractivity contribution >= 4 is 16.8 Å². The minimum atomic E-state index is -0.507. The molecule has 1 atom stereocenters. The third-order valence-electron chi connectivity index (χ3n) is 5.62. The molecule has 0 amide bonds. The normalized spacial score (nSPS) is 15.8. The highest BCUT2D eigenvalue weighted by atomic mass is 16.5. The van der Waals surface area contributed by atoms with Crippen LogP contribution in [0, 0.1) is 0 Å². The van der Waals surface area contributed by atoms with E-state index in [1.165, 1.54) is 10.8 Å². The van der Waals surface area contributed by atoms with E-state index in [4.69, 9.17) is 9.47 Å².